The van der Waals surface area contributed by atoms with Crippen LogP contribution in [0.15, 0.2) is 30.3 Å². The van der Waals surface area contributed by atoms with Crippen LogP contribution < -0.4 is 0 Å². The van der Waals surface area contributed by atoms with Crippen LogP contribution in [0, 0.1) is 17.8 Å². The quantitative estimate of drug-likeness (QED) is 0.903. The number of hydrogen-bond donors (Lipinski definition) is 1. The van der Waals surface area contributed by atoms with E-state index in [1.165, 1.54) is 44.3 Å². The summed E-state index contributed by atoms with van der Waals surface area (Å²) in [6.45, 7) is 9.37. The van der Waals surface area contributed by atoms with Crippen molar-refractivity contribution < 1.29 is 5.11 Å². The second-order valence-corrected chi connectivity index (χ2v) is 8.54. The van der Waals surface area contributed by atoms with Crippen LogP contribution in [0.2, 0.25) is 0 Å². The number of nitrogens with zero attached hydrogens (tertiary/aromatic N) is 1. The molecule has 128 valence electrons. The van der Waals surface area contributed by atoms with Crippen molar-refractivity contribution >= 4 is 0 Å². The maximum Gasteiger partial charge on any atom is 0.0588 e. The molecule has 0 unspecified atom stereocenters. The van der Waals surface area contributed by atoms with Crippen molar-refractivity contribution in [3.8, 4) is 0 Å². The van der Waals surface area contributed by atoms with Crippen molar-refractivity contribution in [1.82, 2.24) is 4.90 Å². The number of likely N-dealkylation sites (tertiary alicyclic amines) is 1. The summed E-state index contributed by atoms with van der Waals surface area (Å²) >= 11 is 0. The summed E-state index contributed by atoms with van der Waals surface area (Å²) < 4.78 is 0. The summed E-state index contributed by atoms with van der Waals surface area (Å²) in [5.74, 6) is 1.87. The topological polar surface area (TPSA) is 23.5 Å². The Balaban J connectivity index is 1.61. The van der Waals surface area contributed by atoms with Gasteiger partial charge in [0.1, 0.15) is 0 Å². The number of rotatable bonds is 4. The van der Waals surface area contributed by atoms with E-state index in [1.807, 2.05) is 0 Å². The summed E-state index contributed by atoms with van der Waals surface area (Å²) in [5, 5.41) is 10.6. The molecule has 1 N–H and O–H groups in total. The molecule has 4 atom stereocenters. The molecule has 1 saturated heterocycles. The van der Waals surface area contributed by atoms with Gasteiger partial charge in [0.05, 0.1) is 6.10 Å². The molecule has 1 aliphatic heterocycles. The third kappa shape index (κ3) is 3.80. The minimum atomic E-state index is -0.123. The predicted octanol–water partition coefficient (Wildman–Crippen LogP) is 4.13. The average Bonchev–Trinajstić information content (AvgIpc) is 2.97. The zero-order valence-corrected chi connectivity index (χ0v) is 15.0. The molecule has 0 aromatic heterocycles. The molecule has 0 radical (unpaired) electrons. The van der Waals surface area contributed by atoms with Crippen molar-refractivity contribution in [3.63, 3.8) is 0 Å². The van der Waals surface area contributed by atoms with E-state index in [2.05, 4.69) is 56.0 Å². The van der Waals surface area contributed by atoms with Gasteiger partial charge in [-0.1, -0.05) is 43.7 Å². The predicted molar refractivity (Wildman–Crippen MR) is 96.4 cm³/mol. The fourth-order valence-corrected chi connectivity index (χ4v) is 4.88. The highest BCUT2D eigenvalue weighted by Crippen LogP contribution is 2.40. The monoisotopic (exact) mass is 315 g/mol. The molecule has 23 heavy (non-hydrogen) atoms. The summed E-state index contributed by atoms with van der Waals surface area (Å²) in [6.07, 6.45) is 5.79. The van der Waals surface area contributed by atoms with Gasteiger partial charge < -0.3 is 5.11 Å². The van der Waals surface area contributed by atoms with E-state index in [9.17, 15) is 5.11 Å². The third-order valence-corrected chi connectivity index (χ3v) is 6.45. The van der Waals surface area contributed by atoms with E-state index in [-0.39, 0.29) is 11.6 Å². The summed E-state index contributed by atoms with van der Waals surface area (Å²) in [4.78, 5) is 2.66. The number of aliphatic hydroxyl groups is 1. The molecule has 2 heteroatoms. The Kier molecular flexibility index (Phi) is 5.13. The number of aliphatic hydroxyl groups excluding tert-OH is 1. The molecular weight excluding hydrogens is 282 g/mol. The second-order valence-electron chi connectivity index (χ2n) is 8.54. The van der Waals surface area contributed by atoms with Crippen LogP contribution in [0.5, 0.6) is 0 Å². The maximum absolute atomic E-state index is 10.6. The first kappa shape index (κ1) is 17.0. The molecule has 2 fully saturated rings. The van der Waals surface area contributed by atoms with Gasteiger partial charge in [-0.25, -0.2) is 0 Å². The van der Waals surface area contributed by atoms with Crippen LogP contribution in [-0.2, 0) is 6.42 Å². The largest absolute Gasteiger partial charge is 0.393 e. The van der Waals surface area contributed by atoms with Crippen molar-refractivity contribution in [2.75, 3.05) is 13.1 Å². The van der Waals surface area contributed by atoms with Gasteiger partial charge in [0.25, 0.3) is 0 Å². The van der Waals surface area contributed by atoms with Gasteiger partial charge in [-0.2, -0.15) is 0 Å². The van der Waals surface area contributed by atoms with Gasteiger partial charge in [0, 0.05) is 18.0 Å². The fraction of sp³-hybridized carbons (Fsp3) is 0.714. The summed E-state index contributed by atoms with van der Waals surface area (Å²) in [7, 11) is 0. The van der Waals surface area contributed by atoms with Crippen LogP contribution in [0.25, 0.3) is 0 Å². The molecule has 1 aliphatic carbocycles. The van der Waals surface area contributed by atoms with Gasteiger partial charge in [0.15, 0.2) is 0 Å². The van der Waals surface area contributed by atoms with Crippen molar-refractivity contribution in [2.24, 2.45) is 17.8 Å². The summed E-state index contributed by atoms with van der Waals surface area (Å²) in [5.41, 5.74) is 1.58. The summed E-state index contributed by atoms with van der Waals surface area (Å²) in [6, 6.07) is 10.9. The highest BCUT2D eigenvalue weighted by molar-refractivity contribution is 5.15. The zero-order valence-electron chi connectivity index (χ0n) is 15.0. The fourth-order valence-electron chi connectivity index (χ4n) is 4.88. The van der Waals surface area contributed by atoms with Gasteiger partial charge in [-0.05, 0) is 63.5 Å². The first-order chi connectivity index (χ1) is 11.0. The molecule has 3 rings (SSSR count). The Morgan fingerprint density at radius 3 is 2.57 bits per heavy atom. The second kappa shape index (κ2) is 6.94. The van der Waals surface area contributed by atoms with E-state index in [1.54, 1.807) is 0 Å². The lowest BCUT2D eigenvalue weighted by atomic mass is 9.71. The average molecular weight is 316 g/mol. The smallest absolute Gasteiger partial charge is 0.0588 e. The van der Waals surface area contributed by atoms with Gasteiger partial charge in [-0.15, -0.1) is 0 Å². The number of benzene rings is 1. The van der Waals surface area contributed by atoms with Gasteiger partial charge in [-0.3, -0.25) is 4.90 Å². The Hall–Kier alpha value is -0.860. The lowest BCUT2D eigenvalue weighted by molar-refractivity contribution is -0.0377. The molecule has 1 aromatic carbocycles. The minimum Gasteiger partial charge on any atom is -0.393 e. The van der Waals surface area contributed by atoms with Gasteiger partial charge >= 0.3 is 0 Å². The molecule has 0 spiro atoms. The third-order valence-electron chi connectivity index (χ3n) is 6.45. The minimum absolute atomic E-state index is 0.116. The highest BCUT2D eigenvalue weighted by Gasteiger charge is 2.43. The lowest BCUT2D eigenvalue weighted by Crippen LogP contribution is -2.53. The van der Waals surface area contributed by atoms with Crippen LogP contribution in [0.3, 0.4) is 0 Å². The van der Waals surface area contributed by atoms with Crippen LogP contribution in [-0.4, -0.2) is 34.7 Å². The molecule has 2 nitrogen and oxygen atoms in total. The van der Waals surface area contributed by atoms with Crippen molar-refractivity contribution in [3.05, 3.63) is 35.9 Å². The van der Waals surface area contributed by atoms with Crippen LogP contribution >= 0.6 is 0 Å². The Labute approximate surface area is 141 Å². The van der Waals surface area contributed by atoms with Crippen LogP contribution in [0.1, 0.15) is 52.0 Å². The Morgan fingerprint density at radius 1 is 1.13 bits per heavy atom. The standard InChI is InChI=1S/C21H33NO/c1-16-9-10-19(20(23)13-16)21(2,3)22-12-11-18(15-22)14-17-7-5-4-6-8-17/h4-8,16,18-20,23H,9-15H2,1-3H3/t16-,18+,19-,20-/m1/s1. The van der Waals surface area contributed by atoms with Gasteiger partial charge in [0.2, 0.25) is 0 Å². The SMILES string of the molecule is C[C@@H]1CC[C@@H](C(C)(C)N2CC[C@@H](Cc3ccccc3)C2)[C@H](O)C1. The Morgan fingerprint density at radius 2 is 1.87 bits per heavy atom. The van der Waals surface area contributed by atoms with Crippen molar-refractivity contribution in [1.29, 1.82) is 0 Å². The van der Waals surface area contributed by atoms with E-state index in [0.29, 0.717) is 11.8 Å². The molecular formula is C21H33NO. The molecule has 1 heterocycles. The van der Waals surface area contributed by atoms with E-state index in [4.69, 9.17) is 0 Å². The first-order valence-electron chi connectivity index (χ1n) is 9.44. The van der Waals surface area contributed by atoms with Crippen LogP contribution in [0.4, 0.5) is 0 Å². The number of hydrogen-bond acceptors (Lipinski definition) is 2. The first-order valence-corrected chi connectivity index (χ1v) is 9.44. The molecule has 1 saturated carbocycles. The Bertz CT molecular complexity index is 498. The molecule has 2 aliphatic rings. The molecule has 1 aromatic rings. The molecule has 0 amide bonds. The van der Waals surface area contributed by atoms with E-state index in [0.717, 1.165) is 12.3 Å². The normalized spacial score (nSPS) is 33.0. The lowest BCUT2D eigenvalue weighted by Gasteiger charge is -2.47. The highest BCUT2D eigenvalue weighted by atomic mass is 16.3. The zero-order chi connectivity index (χ0) is 16.4. The van der Waals surface area contributed by atoms with E-state index < -0.39 is 0 Å². The van der Waals surface area contributed by atoms with E-state index >= 15 is 0 Å². The molecule has 0 bridgehead atoms. The maximum atomic E-state index is 10.6. The van der Waals surface area contributed by atoms with Crippen molar-refractivity contribution in [2.45, 2.75) is 64.5 Å².